The monoisotopic (exact) mass is 452 g/mol. The first-order chi connectivity index (χ1) is 15.8. The van der Waals surface area contributed by atoms with E-state index >= 15 is 0 Å². The van der Waals surface area contributed by atoms with Crippen LogP contribution in [-0.2, 0) is 20.9 Å². The molecule has 3 rings (SSSR count). The van der Waals surface area contributed by atoms with Gasteiger partial charge in [0.1, 0.15) is 12.3 Å². The van der Waals surface area contributed by atoms with E-state index in [2.05, 4.69) is 4.99 Å². The number of esters is 1. The SMILES string of the molecule is CC(C)COC(=O)CN1Cc2c(cccc2OCCCC(=O)N(C)c2ccccc2)N=C1N. The number of nitrogens with two attached hydrogens (primary N) is 1. The van der Waals surface area contributed by atoms with Gasteiger partial charge in [0.2, 0.25) is 5.91 Å². The molecule has 1 amide bonds. The molecule has 0 aliphatic carbocycles. The topological polar surface area (TPSA) is 97.5 Å². The molecular formula is C25H32N4O4. The Kier molecular flexibility index (Phi) is 8.29. The van der Waals surface area contributed by atoms with Crippen molar-refractivity contribution in [1.29, 1.82) is 0 Å². The number of anilines is 1. The lowest BCUT2D eigenvalue weighted by Gasteiger charge is -2.28. The van der Waals surface area contributed by atoms with Gasteiger partial charge in [-0.1, -0.05) is 38.1 Å². The van der Waals surface area contributed by atoms with Gasteiger partial charge in [0, 0.05) is 24.7 Å². The van der Waals surface area contributed by atoms with Crippen molar-refractivity contribution < 1.29 is 19.1 Å². The fraction of sp³-hybridized carbons (Fsp3) is 0.400. The molecule has 1 aliphatic heterocycles. The van der Waals surface area contributed by atoms with Crippen molar-refractivity contribution in [3.8, 4) is 5.75 Å². The summed E-state index contributed by atoms with van der Waals surface area (Å²) in [6, 6.07) is 15.1. The highest BCUT2D eigenvalue weighted by atomic mass is 16.5. The number of benzene rings is 2. The summed E-state index contributed by atoms with van der Waals surface area (Å²) in [7, 11) is 1.77. The number of carbonyl (C=O) groups excluding carboxylic acids is 2. The molecule has 2 N–H and O–H groups in total. The third-order valence-electron chi connectivity index (χ3n) is 5.22. The van der Waals surface area contributed by atoms with Crippen molar-refractivity contribution >= 4 is 29.2 Å². The minimum absolute atomic E-state index is 0.0240. The summed E-state index contributed by atoms with van der Waals surface area (Å²) in [5, 5.41) is 0. The molecule has 8 heteroatoms. The maximum atomic E-state index is 12.5. The second kappa shape index (κ2) is 11.4. The Morgan fingerprint density at radius 3 is 2.64 bits per heavy atom. The lowest BCUT2D eigenvalue weighted by Crippen LogP contribution is -2.42. The van der Waals surface area contributed by atoms with Gasteiger partial charge < -0.3 is 25.0 Å². The molecule has 2 aromatic carbocycles. The number of nitrogens with zero attached hydrogens (tertiary/aromatic N) is 3. The first kappa shape index (κ1) is 24.1. The standard InChI is InChI=1S/C25H32N4O4/c1-18(2)17-33-24(31)16-29-15-20-21(27-25(29)26)11-7-12-22(20)32-14-8-13-23(30)28(3)19-9-5-4-6-10-19/h4-7,9-12,18H,8,13-17H2,1-3H3,(H2,26,27). The first-order valence-corrected chi connectivity index (χ1v) is 11.2. The lowest BCUT2D eigenvalue weighted by molar-refractivity contribution is -0.145. The van der Waals surface area contributed by atoms with Crippen molar-refractivity contribution in [2.75, 3.05) is 31.7 Å². The van der Waals surface area contributed by atoms with Gasteiger partial charge in [-0.2, -0.15) is 0 Å². The zero-order valence-corrected chi connectivity index (χ0v) is 19.5. The van der Waals surface area contributed by atoms with Gasteiger partial charge in [-0.25, -0.2) is 4.99 Å². The van der Waals surface area contributed by atoms with Gasteiger partial charge in [0.25, 0.3) is 0 Å². The molecule has 0 saturated carbocycles. The fourth-order valence-corrected chi connectivity index (χ4v) is 3.39. The van der Waals surface area contributed by atoms with Crippen LogP contribution in [0.15, 0.2) is 53.5 Å². The Hall–Kier alpha value is -3.55. The fourth-order valence-electron chi connectivity index (χ4n) is 3.39. The van der Waals surface area contributed by atoms with Gasteiger partial charge in [-0.3, -0.25) is 9.59 Å². The van der Waals surface area contributed by atoms with Crippen LogP contribution < -0.4 is 15.4 Å². The highest BCUT2D eigenvalue weighted by Gasteiger charge is 2.23. The van der Waals surface area contributed by atoms with Crippen LogP contribution in [0.5, 0.6) is 5.75 Å². The summed E-state index contributed by atoms with van der Waals surface area (Å²) in [5.74, 6) is 0.901. The normalized spacial score (nSPS) is 12.7. The number of hydrogen-bond acceptors (Lipinski definition) is 7. The number of para-hydroxylation sites is 1. The van der Waals surface area contributed by atoms with E-state index in [9.17, 15) is 9.59 Å². The number of fused-ring (bicyclic) bond motifs is 1. The van der Waals surface area contributed by atoms with E-state index < -0.39 is 0 Å². The average molecular weight is 453 g/mol. The second-order valence-electron chi connectivity index (χ2n) is 8.40. The summed E-state index contributed by atoms with van der Waals surface area (Å²) < 4.78 is 11.3. The average Bonchev–Trinajstić information content (AvgIpc) is 2.81. The summed E-state index contributed by atoms with van der Waals surface area (Å²) in [5.41, 5.74) is 8.51. The Morgan fingerprint density at radius 2 is 1.91 bits per heavy atom. The molecule has 0 bridgehead atoms. The zero-order valence-electron chi connectivity index (χ0n) is 19.5. The van der Waals surface area contributed by atoms with Crippen LogP contribution in [0.1, 0.15) is 32.3 Å². The van der Waals surface area contributed by atoms with E-state index in [0.29, 0.717) is 38.3 Å². The van der Waals surface area contributed by atoms with E-state index in [1.165, 1.54) is 0 Å². The molecule has 8 nitrogen and oxygen atoms in total. The van der Waals surface area contributed by atoms with Crippen molar-refractivity contribution in [3.63, 3.8) is 0 Å². The van der Waals surface area contributed by atoms with E-state index in [1.54, 1.807) is 16.8 Å². The molecule has 1 aliphatic rings. The van der Waals surface area contributed by atoms with E-state index in [-0.39, 0.29) is 30.3 Å². The number of hydrogen-bond donors (Lipinski definition) is 1. The Balaban J connectivity index is 1.54. The molecule has 33 heavy (non-hydrogen) atoms. The number of guanidine groups is 1. The number of carbonyl (C=O) groups is 2. The van der Waals surface area contributed by atoms with Crippen LogP contribution >= 0.6 is 0 Å². The molecule has 0 aromatic heterocycles. The van der Waals surface area contributed by atoms with E-state index in [0.717, 1.165) is 16.9 Å². The van der Waals surface area contributed by atoms with Crippen LogP contribution in [0.3, 0.4) is 0 Å². The second-order valence-corrected chi connectivity index (χ2v) is 8.40. The number of rotatable bonds is 10. The molecule has 0 saturated heterocycles. The van der Waals surface area contributed by atoms with Crippen molar-refractivity contribution in [2.45, 2.75) is 33.2 Å². The van der Waals surface area contributed by atoms with Crippen molar-refractivity contribution in [3.05, 3.63) is 54.1 Å². The minimum atomic E-state index is -0.343. The summed E-state index contributed by atoms with van der Waals surface area (Å²) in [6.45, 7) is 5.14. The minimum Gasteiger partial charge on any atom is -0.493 e. The van der Waals surface area contributed by atoms with Crippen molar-refractivity contribution in [1.82, 2.24) is 4.90 Å². The maximum Gasteiger partial charge on any atom is 0.325 e. The van der Waals surface area contributed by atoms with Crippen LogP contribution in [0.25, 0.3) is 0 Å². The largest absolute Gasteiger partial charge is 0.493 e. The Labute approximate surface area is 195 Å². The molecular weight excluding hydrogens is 420 g/mol. The van der Waals surface area contributed by atoms with Gasteiger partial charge in [-0.15, -0.1) is 0 Å². The molecule has 0 unspecified atom stereocenters. The number of amides is 1. The Bertz CT molecular complexity index is 991. The van der Waals surface area contributed by atoms with Gasteiger partial charge in [0.05, 0.1) is 25.4 Å². The first-order valence-electron chi connectivity index (χ1n) is 11.2. The smallest absolute Gasteiger partial charge is 0.325 e. The van der Waals surface area contributed by atoms with Crippen LogP contribution in [0.2, 0.25) is 0 Å². The lowest BCUT2D eigenvalue weighted by atomic mass is 10.1. The summed E-state index contributed by atoms with van der Waals surface area (Å²) in [4.78, 5) is 32.4. The molecule has 0 atom stereocenters. The molecule has 2 aromatic rings. The van der Waals surface area contributed by atoms with Crippen LogP contribution in [0, 0.1) is 5.92 Å². The van der Waals surface area contributed by atoms with Gasteiger partial charge >= 0.3 is 5.97 Å². The summed E-state index contributed by atoms with van der Waals surface area (Å²) in [6.07, 6.45) is 0.954. The zero-order chi connectivity index (χ0) is 23.8. The van der Waals surface area contributed by atoms with Gasteiger partial charge in [0.15, 0.2) is 5.96 Å². The van der Waals surface area contributed by atoms with Crippen LogP contribution in [-0.4, -0.2) is 49.5 Å². The predicted octanol–water partition coefficient (Wildman–Crippen LogP) is 3.47. The summed E-state index contributed by atoms with van der Waals surface area (Å²) >= 11 is 0. The maximum absolute atomic E-state index is 12.5. The predicted molar refractivity (Wildman–Crippen MR) is 129 cm³/mol. The van der Waals surface area contributed by atoms with E-state index in [1.807, 2.05) is 62.4 Å². The quantitative estimate of drug-likeness (QED) is 0.438. The number of aliphatic imine (C=N–C) groups is 1. The number of ether oxygens (including phenoxy) is 2. The van der Waals surface area contributed by atoms with Crippen LogP contribution in [0.4, 0.5) is 11.4 Å². The van der Waals surface area contributed by atoms with Crippen molar-refractivity contribution in [2.24, 2.45) is 16.6 Å². The molecule has 0 radical (unpaired) electrons. The molecule has 176 valence electrons. The Morgan fingerprint density at radius 1 is 1.15 bits per heavy atom. The van der Waals surface area contributed by atoms with E-state index in [4.69, 9.17) is 15.2 Å². The van der Waals surface area contributed by atoms with Gasteiger partial charge in [-0.05, 0) is 36.6 Å². The third-order valence-corrected chi connectivity index (χ3v) is 5.22. The highest BCUT2D eigenvalue weighted by Crippen LogP contribution is 2.33. The highest BCUT2D eigenvalue weighted by molar-refractivity contribution is 5.92. The molecule has 0 fully saturated rings. The molecule has 0 spiro atoms. The molecule has 1 heterocycles. The third kappa shape index (κ3) is 6.71.